The van der Waals surface area contributed by atoms with Crippen molar-refractivity contribution in [1.29, 1.82) is 0 Å². The van der Waals surface area contributed by atoms with Crippen LogP contribution in [0.3, 0.4) is 0 Å². The van der Waals surface area contributed by atoms with Gasteiger partial charge in [-0.1, -0.05) is 31.9 Å². The molecule has 0 aliphatic heterocycles. The Morgan fingerprint density at radius 3 is 2.43 bits per heavy atom. The van der Waals surface area contributed by atoms with Crippen LogP contribution in [-0.4, -0.2) is 20.7 Å². The third-order valence-corrected chi connectivity index (χ3v) is 4.59. The molecule has 0 fully saturated rings. The molecule has 30 heavy (non-hydrogen) atoms. The SMILES string of the molecule is CCCCCn1ccn(C(CC(=O)OC(C)(C)C)c2cccc(C(F)(F)F)c2)c1=O. The molecule has 1 atom stereocenters. The van der Waals surface area contributed by atoms with Crippen molar-refractivity contribution in [3.63, 3.8) is 0 Å². The van der Waals surface area contributed by atoms with Crippen LogP contribution < -0.4 is 5.69 Å². The maximum absolute atomic E-state index is 13.2. The van der Waals surface area contributed by atoms with Crippen LogP contribution in [0.2, 0.25) is 0 Å². The predicted molar refractivity (Wildman–Crippen MR) is 108 cm³/mol. The number of rotatable bonds is 8. The van der Waals surface area contributed by atoms with Gasteiger partial charge in [0.1, 0.15) is 5.60 Å². The Balaban J connectivity index is 2.43. The lowest BCUT2D eigenvalue weighted by atomic mass is 10.0. The number of unbranched alkanes of at least 4 members (excludes halogenated alkanes) is 2. The van der Waals surface area contributed by atoms with E-state index in [0.29, 0.717) is 6.54 Å². The zero-order chi connectivity index (χ0) is 22.5. The number of benzene rings is 1. The Bertz CT molecular complexity index is 907. The summed E-state index contributed by atoms with van der Waals surface area (Å²) in [7, 11) is 0. The smallest absolute Gasteiger partial charge is 0.416 e. The Morgan fingerprint density at radius 2 is 1.83 bits per heavy atom. The van der Waals surface area contributed by atoms with Gasteiger partial charge in [-0.2, -0.15) is 13.2 Å². The van der Waals surface area contributed by atoms with Crippen LogP contribution in [0.5, 0.6) is 0 Å². The van der Waals surface area contributed by atoms with Crippen molar-refractivity contribution in [3.8, 4) is 0 Å². The minimum Gasteiger partial charge on any atom is -0.460 e. The van der Waals surface area contributed by atoms with Crippen LogP contribution >= 0.6 is 0 Å². The van der Waals surface area contributed by atoms with Crippen molar-refractivity contribution in [2.45, 2.75) is 77.7 Å². The summed E-state index contributed by atoms with van der Waals surface area (Å²) in [4.78, 5) is 25.3. The van der Waals surface area contributed by atoms with Crippen LogP contribution in [0, 0.1) is 0 Å². The fourth-order valence-electron chi connectivity index (χ4n) is 3.21. The van der Waals surface area contributed by atoms with E-state index >= 15 is 0 Å². The van der Waals surface area contributed by atoms with Crippen LogP contribution in [0.15, 0.2) is 41.5 Å². The Hall–Kier alpha value is -2.51. The third kappa shape index (κ3) is 6.50. The van der Waals surface area contributed by atoms with Crippen LogP contribution in [0.1, 0.15) is 70.5 Å². The van der Waals surface area contributed by atoms with E-state index in [9.17, 15) is 22.8 Å². The van der Waals surface area contributed by atoms with E-state index in [-0.39, 0.29) is 17.7 Å². The average molecular weight is 426 g/mol. The summed E-state index contributed by atoms with van der Waals surface area (Å²) in [5.41, 5.74) is -1.71. The second-order valence-corrected chi connectivity index (χ2v) is 8.32. The lowest BCUT2D eigenvalue weighted by Gasteiger charge is -2.23. The van der Waals surface area contributed by atoms with Gasteiger partial charge < -0.3 is 4.74 Å². The highest BCUT2D eigenvalue weighted by Gasteiger charge is 2.32. The molecule has 2 aromatic rings. The molecule has 0 N–H and O–H groups in total. The van der Waals surface area contributed by atoms with E-state index in [2.05, 4.69) is 6.92 Å². The van der Waals surface area contributed by atoms with Gasteiger partial charge in [0, 0.05) is 18.9 Å². The molecular formula is C22H29F3N2O3. The van der Waals surface area contributed by atoms with Gasteiger partial charge in [-0.3, -0.25) is 13.9 Å². The van der Waals surface area contributed by atoms with Crippen molar-refractivity contribution in [2.24, 2.45) is 0 Å². The topological polar surface area (TPSA) is 53.2 Å². The van der Waals surface area contributed by atoms with Crippen molar-refractivity contribution < 1.29 is 22.7 Å². The molecule has 2 rings (SSSR count). The van der Waals surface area contributed by atoms with E-state index in [1.807, 2.05) is 0 Å². The summed E-state index contributed by atoms with van der Waals surface area (Å²) in [6.45, 7) is 7.70. The van der Waals surface area contributed by atoms with Gasteiger partial charge in [-0.15, -0.1) is 0 Å². The van der Waals surface area contributed by atoms with Crippen LogP contribution in [-0.2, 0) is 22.3 Å². The number of halogens is 3. The van der Waals surface area contributed by atoms with Gasteiger partial charge in [0.05, 0.1) is 18.0 Å². The van der Waals surface area contributed by atoms with Gasteiger partial charge in [0.25, 0.3) is 0 Å². The molecule has 0 radical (unpaired) electrons. The number of nitrogens with zero attached hydrogens (tertiary/aromatic N) is 2. The summed E-state index contributed by atoms with van der Waals surface area (Å²) in [6, 6.07) is 3.82. The van der Waals surface area contributed by atoms with Gasteiger partial charge in [0.2, 0.25) is 0 Å². The quantitative estimate of drug-likeness (QED) is 0.432. The van der Waals surface area contributed by atoms with E-state index in [1.165, 1.54) is 27.5 Å². The number of imidazole rings is 1. The molecule has 1 unspecified atom stereocenters. The zero-order valence-corrected chi connectivity index (χ0v) is 17.8. The molecule has 1 aromatic heterocycles. The van der Waals surface area contributed by atoms with E-state index in [4.69, 9.17) is 4.74 Å². The molecule has 1 aromatic carbocycles. The molecule has 5 nitrogen and oxygen atoms in total. The highest BCUT2D eigenvalue weighted by molar-refractivity contribution is 5.71. The first kappa shape index (κ1) is 23.8. The molecule has 0 spiro atoms. The number of carbonyl (C=O) groups is 1. The maximum Gasteiger partial charge on any atom is 0.416 e. The maximum atomic E-state index is 13.2. The molecule has 166 valence electrons. The summed E-state index contributed by atoms with van der Waals surface area (Å²) in [6.07, 6.45) is 1.13. The lowest BCUT2D eigenvalue weighted by molar-refractivity contribution is -0.155. The zero-order valence-electron chi connectivity index (χ0n) is 17.8. The van der Waals surface area contributed by atoms with Gasteiger partial charge in [-0.05, 0) is 44.9 Å². The number of carbonyl (C=O) groups excluding carboxylic acids is 1. The molecule has 0 saturated carbocycles. The summed E-state index contributed by atoms with van der Waals surface area (Å²) in [5.74, 6) is -0.587. The standard InChI is InChI=1S/C22H29F3N2O3/c1-5-6-7-11-26-12-13-27(20(26)29)18(15-19(28)30-21(2,3)4)16-9-8-10-17(14-16)22(23,24)25/h8-10,12-14,18H,5-7,11,15H2,1-4H3. The minimum absolute atomic E-state index is 0.226. The number of aromatic nitrogens is 2. The molecule has 0 aliphatic rings. The average Bonchev–Trinajstić information content (AvgIpc) is 2.98. The van der Waals surface area contributed by atoms with Gasteiger partial charge in [0.15, 0.2) is 0 Å². The molecule has 8 heteroatoms. The summed E-state index contributed by atoms with van der Waals surface area (Å²) in [5, 5.41) is 0. The normalized spacial score (nSPS) is 13.3. The molecule has 0 bridgehead atoms. The van der Waals surface area contributed by atoms with E-state index in [1.54, 1.807) is 27.0 Å². The Kier molecular flexibility index (Phi) is 7.55. The van der Waals surface area contributed by atoms with Gasteiger partial charge in [-0.25, -0.2) is 4.79 Å². The van der Waals surface area contributed by atoms with Crippen LogP contribution in [0.25, 0.3) is 0 Å². The molecule has 0 amide bonds. The number of hydrogen-bond donors (Lipinski definition) is 0. The first-order chi connectivity index (χ1) is 13.9. The second-order valence-electron chi connectivity index (χ2n) is 8.32. The van der Waals surface area contributed by atoms with E-state index < -0.39 is 29.4 Å². The number of esters is 1. The number of aryl methyl sites for hydroxylation is 1. The van der Waals surface area contributed by atoms with Crippen LogP contribution in [0.4, 0.5) is 13.2 Å². The van der Waals surface area contributed by atoms with Crippen molar-refractivity contribution in [3.05, 3.63) is 58.3 Å². The molecular weight excluding hydrogens is 397 g/mol. The third-order valence-electron chi connectivity index (χ3n) is 4.59. The molecule has 0 saturated heterocycles. The van der Waals surface area contributed by atoms with Gasteiger partial charge >= 0.3 is 17.8 Å². The summed E-state index contributed by atoms with van der Waals surface area (Å²) < 4.78 is 47.8. The number of alkyl halides is 3. The molecule has 0 aliphatic carbocycles. The fourth-order valence-corrected chi connectivity index (χ4v) is 3.21. The minimum atomic E-state index is -4.52. The number of ether oxygens (including phenoxy) is 1. The fraction of sp³-hybridized carbons (Fsp3) is 0.545. The highest BCUT2D eigenvalue weighted by atomic mass is 19.4. The monoisotopic (exact) mass is 426 g/mol. The Morgan fingerprint density at radius 1 is 1.13 bits per heavy atom. The first-order valence-electron chi connectivity index (χ1n) is 10.1. The summed E-state index contributed by atoms with van der Waals surface area (Å²) >= 11 is 0. The lowest BCUT2D eigenvalue weighted by Crippen LogP contribution is -2.31. The second kappa shape index (κ2) is 9.53. The van der Waals surface area contributed by atoms with E-state index in [0.717, 1.165) is 31.4 Å². The highest BCUT2D eigenvalue weighted by Crippen LogP contribution is 2.32. The van der Waals surface area contributed by atoms with Crippen molar-refractivity contribution in [2.75, 3.05) is 0 Å². The molecule has 1 heterocycles. The first-order valence-corrected chi connectivity index (χ1v) is 10.1. The predicted octanol–water partition coefficient (Wildman–Crippen LogP) is 5.18. The Labute approximate surface area is 174 Å². The number of hydrogen-bond acceptors (Lipinski definition) is 3. The van der Waals surface area contributed by atoms with Crippen molar-refractivity contribution >= 4 is 5.97 Å². The largest absolute Gasteiger partial charge is 0.460 e. The van der Waals surface area contributed by atoms with Crippen molar-refractivity contribution in [1.82, 2.24) is 9.13 Å².